The smallest absolute Gasteiger partial charge is 0.258 e. The van der Waals surface area contributed by atoms with Gasteiger partial charge in [0.1, 0.15) is 11.8 Å². The van der Waals surface area contributed by atoms with Gasteiger partial charge in [0, 0.05) is 17.7 Å². The number of non-ortho nitro benzene ring substituents is 1. The van der Waals surface area contributed by atoms with Crippen LogP contribution in [0.15, 0.2) is 54.6 Å². The Morgan fingerprint density at radius 1 is 1.13 bits per heavy atom. The van der Waals surface area contributed by atoms with Gasteiger partial charge in [0.15, 0.2) is 5.69 Å². The molecule has 0 aliphatic rings. The molecule has 0 saturated carbocycles. The molecule has 0 aliphatic carbocycles. The van der Waals surface area contributed by atoms with E-state index in [0.717, 1.165) is 5.56 Å². The highest BCUT2D eigenvalue weighted by Crippen LogP contribution is 2.25. The van der Waals surface area contributed by atoms with Crippen LogP contribution in [0.5, 0.6) is 0 Å². The van der Waals surface area contributed by atoms with Crippen LogP contribution in [-0.4, -0.2) is 19.9 Å². The molecule has 0 atom stereocenters. The number of nitrogens with zero attached hydrogens (tertiary/aromatic N) is 5. The van der Waals surface area contributed by atoms with E-state index in [-0.39, 0.29) is 11.4 Å². The van der Waals surface area contributed by atoms with Crippen LogP contribution in [0.25, 0.3) is 11.3 Å². The highest BCUT2D eigenvalue weighted by Gasteiger charge is 2.16. The Labute approximate surface area is 131 Å². The predicted octanol–water partition coefficient (Wildman–Crippen LogP) is 2.77. The van der Waals surface area contributed by atoms with Crippen molar-refractivity contribution in [2.45, 2.75) is 6.54 Å². The van der Waals surface area contributed by atoms with Crippen LogP contribution in [0, 0.1) is 21.4 Å². The Kier molecular flexibility index (Phi) is 3.80. The predicted molar refractivity (Wildman–Crippen MR) is 82.4 cm³/mol. The van der Waals surface area contributed by atoms with Crippen molar-refractivity contribution in [2.24, 2.45) is 0 Å². The van der Waals surface area contributed by atoms with Crippen LogP contribution in [0.2, 0.25) is 0 Å². The maximum Gasteiger partial charge on any atom is 0.269 e. The van der Waals surface area contributed by atoms with E-state index < -0.39 is 4.92 Å². The van der Waals surface area contributed by atoms with Gasteiger partial charge in [-0.05, 0) is 17.7 Å². The summed E-state index contributed by atoms with van der Waals surface area (Å²) in [5.74, 6) is 0. The number of nitriles is 1. The summed E-state index contributed by atoms with van der Waals surface area (Å²) in [7, 11) is 0. The van der Waals surface area contributed by atoms with Crippen molar-refractivity contribution in [3.05, 3.63) is 76.0 Å². The lowest BCUT2D eigenvalue weighted by atomic mass is 10.1. The number of rotatable bonds is 4. The van der Waals surface area contributed by atoms with E-state index in [1.807, 2.05) is 36.4 Å². The maximum atomic E-state index is 10.8. The fourth-order valence-corrected chi connectivity index (χ4v) is 2.28. The standard InChI is InChI=1S/C16H11N5O2/c17-10-15-16(13-6-8-14(9-7-13)21(22)23)20(19-18-15)11-12-4-2-1-3-5-12/h1-9H,11H2. The topological polar surface area (TPSA) is 97.6 Å². The second-order valence-corrected chi connectivity index (χ2v) is 4.85. The van der Waals surface area contributed by atoms with Crippen LogP contribution in [-0.2, 0) is 6.54 Å². The normalized spacial score (nSPS) is 10.2. The molecule has 7 nitrogen and oxygen atoms in total. The Morgan fingerprint density at radius 2 is 1.83 bits per heavy atom. The SMILES string of the molecule is N#Cc1nnn(Cc2ccccc2)c1-c1ccc([N+](=O)[O-])cc1. The number of benzene rings is 2. The zero-order valence-corrected chi connectivity index (χ0v) is 12.0. The molecular weight excluding hydrogens is 294 g/mol. The molecule has 112 valence electrons. The minimum absolute atomic E-state index is 0.00524. The van der Waals surface area contributed by atoms with Crippen molar-refractivity contribution in [2.75, 3.05) is 0 Å². The van der Waals surface area contributed by atoms with E-state index in [9.17, 15) is 15.4 Å². The molecule has 0 unspecified atom stereocenters. The highest BCUT2D eigenvalue weighted by molar-refractivity contribution is 5.66. The summed E-state index contributed by atoms with van der Waals surface area (Å²) < 4.78 is 1.62. The molecule has 0 aliphatic heterocycles. The molecule has 0 N–H and O–H groups in total. The zero-order valence-electron chi connectivity index (χ0n) is 12.0. The fraction of sp³-hybridized carbons (Fsp3) is 0.0625. The van der Waals surface area contributed by atoms with Crippen LogP contribution >= 0.6 is 0 Å². The van der Waals surface area contributed by atoms with Crippen molar-refractivity contribution >= 4 is 5.69 Å². The van der Waals surface area contributed by atoms with Crippen LogP contribution in [0.4, 0.5) is 5.69 Å². The van der Waals surface area contributed by atoms with Crippen molar-refractivity contribution < 1.29 is 4.92 Å². The van der Waals surface area contributed by atoms with Crippen LogP contribution < -0.4 is 0 Å². The van der Waals surface area contributed by atoms with Crippen LogP contribution in [0.3, 0.4) is 0 Å². The van der Waals surface area contributed by atoms with Crippen molar-refractivity contribution in [1.82, 2.24) is 15.0 Å². The van der Waals surface area contributed by atoms with Crippen molar-refractivity contribution in [1.29, 1.82) is 5.26 Å². The number of nitro benzene ring substituents is 1. The van der Waals surface area contributed by atoms with Crippen molar-refractivity contribution in [3.8, 4) is 17.3 Å². The Bertz CT molecular complexity index is 879. The summed E-state index contributed by atoms with van der Waals surface area (Å²) in [5, 5.41) is 27.9. The first-order chi connectivity index (χ1) is 11.2. The molecule has 0 radical (unpaired) electrons. The molecule has 23 heavy (non-hydrogen) atoms. The monoisotopic (exact) mass is 305 g/mol. The molecule has 0 fully saturated rings. The molecule has 3 rings (SSSR count). The summed E-state index contributed by atoms with van der Waals surface area (Å²) in [6, 6.07) is 17.7. The van der Waals surface area contributed by atoms with Gasteiger partial charge in [-0.3, -0.25) is 10.1 Å². The van der Waals surface area contributed by atoms with Crippen LogP contribution in [0.1, 0.15) is 11.3 Å². The summed E-state index contributed by atoms with van der Waals surface area (Å²) >= 11 is 0. The van der Waals surface area contributed by atoms with Gasteiger partial charge in [-0.25, -0.2) is 4.68 Å². The minimum atomic E-state index is -0.464. The average Bonchev–Trinajstić information content (AvgIpc) is 2.98. The number of nitro groups is 1. The maximum absolute atomic E-state index is 10.8. The summed E-state index contributed by atoms with van der Waals surface area (Å²) in [5.41, 5.74) is 2.41. The third kappa shape index (κ3) is 2.91. The molecule has 0 saturated heterocycles. The molecule has 0 bridgehead atoms. The molecule has 0 spiro atoms. The lowest BCUT2D eigenvalue weighted by Crippen LogP contribution is -2.04. The first kappa shape index (κ1) is 14.4. The van der Waals surface area contributed by atoms with Crippen molar-refractivity contribution in [3.63, 3.8) is 0 Å². The molecule has 2 aromatic carbocycles. The molecule has 7 heteroatoms. The zero-order chi connectivity index (χ0) is 16.2. The Hall–Kier alpha value is -3.53. The first-order valence-corrected chi connectivity index (χ1v) is 6.81. The van der Waals surface area contributed by atoms with Gasteiger partial charge in [0.2, 0.25) is 0 Å². The van der Waals surface area contributed by atoms with Gasteiger partial charge in [0.25, 0.3) is 5.69 Å². The lowest BCUT2D eigenvalue weighted by Gasteiger charge is -2.07. The first-order valence-electron chi connectivity index (χ1n) is 6.81. The number of aromatic nitrogens is 3. The molecule has 0 amide bonds. The second kappa shape index (κ2) is 6.07. The van der Waals surface area contributed by atoms with E-state index in [0.29, 0.717) is 17.8 Å². The third-order valence-corrected chi connectivity index (χ3v) is 3.37. The van der Waals surface area contributed by atoms with E-state index in [1.165, 1.54) is 12.1 Å². The molecule has 1 aromatic heterocycles. The minimum Gasteiger partial charge on any atom is -0.258 e. The number of hydrogen-bond donors (Lipinski definition) is 0. The van der Waals surface area contributed by atoms with Gasteiger partial charge in [-0.2, -0.15) is 5.26 Å². The van der Waals surface area contributed by atoms with E-state index >= 15 is 0 Å². The third-order valence-electron chi connectivity index (χ3n) is 3.37. The van der Waals surface area contributed by atoms with Gasteiger partial charge < -0.3 is 0 Å². The highest BCUT2D eigenvalue weighted by atomic mass is 16.6. The second-order valence-electron chi connectivity index (χ2n) is 4.85. The molecule has 3 aromatic rings. The Balaban J connectivity index is 2.02. The average molecular weight is 305 g/mol. The Morgan fingerprint density at radius 3 is 2.43 bits per heavy atom. The van der Waals surface area contributed by atoms with Gasteiger partial charge in [-0.15, -0.1) is 5.10 Å². The van der Waals surface area contributed by atoms with E-state index in [4.69, 9.17) is 0 Å². The fourth-order valence-electron chi connectivity index (χ4n) is 2.28. The van der Waals surface area contributed by atoms with Gasteiger partial charge >= 0.3 is 0 Å². The summed E-state index contributed by atoms with van der Waals surface area (Å²) in [6.07, 6.45) is 0. The molecule has 1 heterocycles. The van der Waals surface area contributed by atoms with Gasteiger partial charge in [0.05, 0.1) is 11.5 Å². The summed E-state index contributed by atoms with van der Waals surface area (Å²) in [4.78, 5) is 10.3. The number of hydrogen-bond acceptors (Lipinski definition) is 5. The largest absolute Gasteiger partial charge is 0.269 e. The lowest BCUT2D eigenvalue weighted by molar-refractivity contribution is -0.384. The summed E-state index contributed by atoms with van der Waals surface area (Å²) in [6.45, 7) is 0.460. The molecular formula is C16H11N5O2. The van der Waals surface area contributed by atoms with E-state index in [2.05, 4.69) is 10.3 Å². The van der Waals surface area contributed by atoms with E-state index in [1.54, 1.807) is 16.8 Å². The quantitative estimate of drug-likeness (QED) is 0.545. The van der Waals surface area contributed by atoms with Gasteiger partial charge in [-0.1, -0.05) is 35.5 Å².